The second kappa shape index (κ2) is 9.35. The van der Waals surface area contributed by atoms with E-state index in [9.17, 15) is 0 Å². The Morgan fingerprint density at radius 3 is 2.12 bits per heavy atom. The number of pyridine rings is 1. The van der Waals surface area contributed by atoms with E-state index in [1.54, 1.807) is 0 Å². The molecule has 3 aromatic rings. The average Bonchev–Trinajstić information content (AvgIpc) is 2.63. The van der Waals surface area contributed by atoms with E-state index in [-0.39, 0.29) is 24.0 Å². The van der Waals surface area contributed by atoms with Gasteiger partial charge in [0.1, 0.15) is 6.54 Å². The number of halogens is 2. The maximum atomic E-state index is 6.82. The van der Waals surface area contributed by atoms with Crippen LogP contribution in [0, 0.1) is 0 Å². The van der Waals surface area contributed by atoms with Gasteiger partial charge >= 0.3 is 0 Å². The predicted octanol–water partition coefficient (Wildman–Crippen LogP) is 2.94. The lowest BCUT2D eigenvalue weighted by molar-refractivity contribution is -0.692. The molecule has 0 aliphatic rings. The van der Waals surface area contributed by atoms with Gasteiger partial charge in [0, 0.05) is 0 Å². The topological polar surface area (TPSA) is 3.88 Å². The monoisotopic (exact) mass is 463 g/mol. The summed E-state index contributed by atoms with van der Waals surface area (Å²) in [5.41, 5.74) is 5.87. The highest BCUT2D eigenvalue weighted by Gasteiger charge is 2.17. The van der Waals surface area contributed by atoms with Crippen LogP contribution in [0.2, 0.25) is 5.02 Å². The highest BCUT2D eigenvalue weighted by Crippen LogP contribution is 2.35. The number of benzene rings is 2. The van der Waals surface area contributed by atoms with Crippen LogP contribution < -0.4 is 28.5 Å². The number of aryl methyl sites for hydroxylation is 2. The zero-order valence-corrected chi connectivity index (χ0v) is 17.6. The second-order valence-electron chi connectivity index (χ2n) is 6.05. The summed E-state index contributed by atoms with van der Waals surface area (Å²) in [6.45, 7) is 5.28. The van der Waals surface area contributed by atoms with Crippen LogP contribution in [0.25, 0.3) is 22.3 Å². The molecule has 1 nitrogen and oxygen atoms in total. The van der Waals surface area contributed by atoms with Gasteiger partial charge in [0.2, 0.25) is 0 Å². The summed E-state index contributed by atoms with van der Waals surface area (Å²) >= 11 is 6.82. The summed E-state index contributed by atoms with van der Waals surface area (Å²) in [5, 5.41) is 0.819. The molecule has 0 unspecified atom stereocenters. The van der Waals surface area contributed by atoms with Crippen LogP contribution in [0.4, 0.5) is 0 Å². The number of rotatable bonds is 5. The van der Waals surface area contributed by atoms with Crippen molar-refractivity contribution in [1.29, 1.82) is 0 Å². The molecule has 3 heteroatoms. The fourth-order valence-corrected chi connectivity index (χ4v) is 3.33. The van der Waals surface area contributed by atoms with E-state index in [2.05, 4.69) is 79.3 Å². The van der Waals surface area contributed by atoms with Crippen LogP contribution in [-0.4, -0.2) is 0 Å². The molecule has 3 rings (SSSR count). The molecule has 25 heavy (non-hydrogen) atoms. The maximum absolute atomic E-state index is 6.82. The fraction of sp³-hybridized carbons (Fsp3) is 0.227. The third kappa shape index (κ3) is 4.62. The minimum atomic E-state index is 0. The normalized spacial score (nSPS) is 10.4. The van der Waals surface area contributed by atoms with Gasteiger partial charge < -0.3 is 24.0 Å². The van der Waals surface area contributed by atoms with Crippen molar-refractivity contribution in [3.05, 3.63) is 77.6 Å². The van der Waals surface area contributed by atoms with Gasteiger partial charge in [-0.2, -0.15) is 0 Å². The first-order valence-corrected chi connectivity index (χ1v) is 8.98. The van der Waals surface area contributed by atoms with Crippen molar-refractivity contribution in [3.8, 4) is 22.3 Å². The van der Waals surface area contributed by atoms with Crippen molar-refractivity contribution >= 4 is 11.6 Å². The van der Waals surface area contributed by atoms with Crippen molar-refractivity contribution in [2.24, 2.45) is 0 Å². The van der Waals surface area contributed by atoms with Crippen LogP contribution in [-0.2, 0) is 13.0 Å². The van der Waals surface area contributed by atoms with E-state index in [0.29, 0.717) is 0 Å². The molecule has 1 heterocycles. The highest BCUT2D eigenvalue weighted by molar-refractivity contribution is 6.35. The van der Waals surface area contributed by atoms with E-state index in [0.717, 1.165) is 41.1 Å². The molecule has 0 saturated carbocycles. The Morgan fingerprint density at radius 1 is 0.840 bits per heavy atom. The summed E-state index contributed by atoms with van der Waals surface area (Å²) in [6.07, 6.45) is 6.53. The Hall–Kier alpha value is -1.39. The smallest absolute Gasteiger partial charge is 0.178 e. The molecular weight excluding hydrogens is 441 g/mol. The average molecular weight is 464 g/mol. The molecule has 0 aliphatic heterocycles. The maximum Gasteiger partial charge on any atom is 0.178 e. The molecule has 0 atom stereocenters. The molecule has 1 aromatic heterocycles. The van der Waals surface area contributed by atoms with Crippen LogP contribution in [0.15, 0.2) is 67.0 Å². The van der Waals surface area contributed by atoms with Gasteiger partial charge in [-0.3, -0.25) is 0 Å². The third-order valence-corrected chi connectivity index (χ3v) is 4.70. The Balaban J connectivity index is 0.00000225. The first-order valence-electron chi connectivity index (χ1n) is 8.60. The zero-order valence-electron chi connectivity index (χ0n) is 14.7. The highest BCUT2D eigenvalue weighted by atomic mass is 127. The summed E-state index contributed by atoms with van der Waals surface area (Å²) < 4.78 is 2.20. The molecule has 0 radical (unpaired) electrons. The standard InChI is InChI=1S/C22H23ClN.HI/c1-3-9-17-10-8-13-19(14-17)21-16-24(4-2)15-20(22(21)23)18-11-6-5-7-12-18;/h5-8,10-16H,3-4,9H2,1-2H3;1H/q+1;/p-1. The molecule has 0 bridgehead atoms. The van der Waals surface area contributed by atoms with Crippen molar-refractivity contribution in [2.75, 3.05) is 0 Å². The van der Waals surface area contributed by atoms with Gasteiger partial charge in [-0.15, -0.1) is 0 Å². The van der Waals surface area contributed by atoms with E-state index in [4.69, 9.17) is 11.6 Å². The summed E-state index contributed by atoms with van der Waals surface area (Å²) in [4.78, 5) is 0. The number of hydrogen-bond donors (Lipinski definition) is 0. The largest absolute Gasteiger partial charge is 1.00 e. The van der Waals surface area contributed by atoms with Crippen LogP contribution in [0.3, 0.4) is 0 Å². The first kappa shape index (κ1) is 19.9. The molecule has 0 fully saturated rings. The van der Waals surface area contributed by atoms with Gasteiger partial charge in [-0.1, -0.05) is 79.5 Å². The van der Waals surface area contributed by atoms with E-state index in [1.807, 2.05) is 6.07 Å². The van der Waals surface area contributed by atoms with Crippen molar-refractivity contribution in [3.63, 3.8) is 0 Å². The lowest BCUT2D eigenvalue weighted by Crippen LogP contribution is -3.00. The number of nitrogens with zero attached hydrogens (tertiary/aromatic N) is 1. The number of aromatic nitrogens is 1. The Kier molecular flexibility index (Phi) is 7.45. The minimum absolute atomic E-state index is 0. The van der Waals surface area contributed by atoms with Crippen LogP contribution >= 0.6 is 11.6 Å². The molecule has 0 saturated heterocycles. The lowest BCUT2D eigenvalue weighted by atomic mass is 9.99. The van der Waals surface area contributed by atoms with Crippen molar-refractivity contribution in [1.82, 2.24) is 0 Å². The van der Waals surface area contributed by atoms with Crippen LogP contribution in [0.1, 0.15) is 25.8 Å². The minimum Gasteiger partial charge on any atom is -1.00 e. The van der Waals surface area contributed by atoms with Crippen LogP contribution in [0.5, 0.6) is 0 Å². The van der Waals surface area contributed by atoms with E-state index in [1.165, 1.54) is 11.1 Å². The quantitative estimate of drug-likeness (QED) is 0.405. The van der Waals surface area contributed by atoms with E-state index < -0.39 is 0 Å². The molecule has 0 spiro atoms. The SMILES string of the molecule is CCCc1cccc(-c2c[n+](CC)cc(-c3ccccc3)c2Cl)c1.[I-]. The molecular formula is C22H23ClIN. The Bertz CT molecular complexity index is 831. The third-order valence-electron chi connectivity index (χ3n) is 4.29. The first-order chi connectivity index (χ1) is 11.7. The Morgan fingerprint density at radius 2 is 1.48 bits per heavy atom. The molecule has 0 N–H and O–H groups in total. The zero-order chi connectivity index (χ0) is 16.9. The molecule has 0 amide bonds. The fourth-order valence-electron chi connectivity index (χ4n) is 3.01. The predicted molar refractivity (Wildman–Crippen MR) is 102 cm³/mol. The van der Waals surface area contributed by atoms with Gasteiger partial charge in [0.05, 0.1) is 16.1 Å². The van der Waals surface area contributed by atoms with Crippen molar-refractivity contribution in [2.45, 2.75) is 33.2 Å². The molecule has 130 valence electrons. The molecule has 2 aromatic carbocycles. The van der Waals surface area contributed by atoms with Gasteiger partial charge in [0.15, 0.2) is 12.4 Å². The van der Waals surface area contributed by atoms with Gasteiger partial charge in [-0.05, 0) is 30.0 Å². The summed E-state index contributed by atoms with van der Waals surface area (Å²) in [7, 11) is 0. The second-order valence-corrected chi connectivity index (χ2v) is 6.42. The van der Waals surface area contributed by atoms with E-state index >= 15 is 0 Å². The molecule has 0 aliphatic carbocycles. The van der Waals surface area contributed by atoms with Gasteiger partial charge in [0.25, 0.3) is 0 Å². The summed E-state index contributed by atoms with van der Waals surface area (Å²) in [5.74, 6) is 0. The number of hydrogen-bond acceptors (Lipinski definition) is 0. The van der Waals surface area contributed by atoms with Crippen molar-refractivity contribution < 1.29 is 28.5 Å². The van der Waals surface area contributed by atoms with Gasteiger partial charge in [-0.25, -0.2) is 4.57 Å². The summed E-state index contributed by atoms with van der Waals surface area (Å²) in [6, 6.07) is 19.1. The lowest BCUT2D eigenvalue weighted by Gasteiger charge is -2.10. The Labute approximate surface area is 172 Å².